The van der Waals surface area contributed by atoms with Crippen LogP contribution in [0.2, 0.25) is 10.0 Å². The number of morpholine rings is 1. The molecule has 9 heteroatoms. The van der Waals surface area contributed by atoms with Crippen LogP contribution in [0.1, 0.15) is 23.2 Å². The van der Waals surface area contributed by atoms with Crippen LogP contribution in [0.5, 0.6) is 0 Å². The van der Waals surface area contributed by atoms with Crippen molar-refractivity contribution in [3.63, 3.8) is 0 Å². The molecular formula is C22H22Cl2FN3O3. The van der Waals surface area contributed by atoms with E-state index in [0.717, 1.165) is 0 Å². The minimum atomic E-state index is -0.646. The third-order valence-corrected chi connectivity index (χ3v) is 5.93. The molecule has 2 amide bonds. The Labute approximate surface area is 189 Å². The molecule has 0 aliphatic carbocycles. The smallest absolute Gasteiger partial charge is 0.254 e. The number of benzene rings is 2. The van der Waals surface area contributed by atoms with Crippen LogP contribution in [0.4, 0.5) is 15.8 Å². The van der Waals surface area contributed by atoms with E-state index in [9.17, 15) is 14.0 Å². The molecule has 4 rings (SSSR count). The van der Waals surface area contributed by atoms with E-state index in [0.29, 0.717) is 72.7 Å². The van der Waals surface area contributed by atoms with Gasteiger partial charge in [-0.3, -0.25) is 9.59 Å². The lowest BCUT2D eigenvalue weighted by Crippen LogP contribution is -2.43. The number of ether oxygens (including phenoxy) is 1. The van der Waals surface area contributed by atoms with E-state index in [1.165, 1.54) is 23.1 Å². The molecule has 2 saturated heterocycles. The van der Waals surface area contributed by atoms with Gasteiger partial charge < -0.3 is 19.9 Å². The van der Waals surface area contributed by atoms with Gasteiger partial charge in [0.1, 0.15) is 11.9 Å². The molecule has 1 unspecified atom stereocenters. The molecule has 0 saturated carbocycles. The highest BCUT2D eigenvalue weighted by Crippen LogP contribution is 2.27. The van der Waals surface area contributed by atoms with Gasteiger partial charge >= 0.3 is 0 Å². The van der Waals surface area contributed by atoms with E-state index in [-0.39, 0.29) is 11.8 Å². The third-order valence-electron chi connectivity index (χ3n) is 5.49. The predicted octanol–water partition coefficient (Wildman–Crippen LogP) is 4.21. The van der Waals surface area contributed by atoms with Crippen LogP contribution < -0.4 is 10.2 Å². The van der Waals surface area contributed by atoms with Crippen molar-refractivity contribution in [2.24, 2.45) is 0 Å². The van der Waals surface area contributed by atoms with E-state index in [1.807, 2.05) is 4.90 Å². The number of anilines is 2. The summed E-state index contributed by atoms with van der Waals surface area (Å²) in [4.78, 5) is 29.3. The van der Waals surface area contributed by atoms with Crippen LogP contribution in [-0.4, -0.2) is 55.6 Å². The SMILES string of the molecule is O=C(Nc1ccc(N2CCOCC2)c(F)c1)C1CCCN1C(=O)c1cc(Cl)cc(Cl)c1. The highest BCUT2D eigenvalue weighted by molar-refractivity contribution is 6.35. The van der Waals surface area contributed by atoms with Gasteiger partial charge in [0, 0.05) is 40.9 Å². The topological polar surface area (TPSA) is 61.9 Å². The van der Waals surface area contributed by atoms with Crippen molar-refractivity contribution in [1.29, 1.82) is 0 Å². The first-order chi connectivity index (χ1) is 14.9. The zero-order chi connectivity index (χ0) is 22.0. The highest BCUT2D eigenvalue weighted by atomic mass is 35.5. The Bertz CT molecular complexity index is 978. The van der Waals surface area contributed by atoms with Gasteiger partial charge in [-0.15, -0.1) is 0 Å². The summed E-state index contributed by atoms with van der Waals surface area (Å²) in [6.45, 7) is 2.80. The zero-order valence-corrected chi connectivity index (χ0v) is 18.3. The largest absolute Gasteiger partial charge is 0.378 e. The first-order valence-electron chi connectivity index (χ1n) is 10.1. The first-order valence-corrected chi connectivity index (χ1v) is 10.9. The van der Waals surface area contributed by atoms with Crippen LogP contribution >= 0.6 is 23.2 Å². The van der Waals surface area contributed by atoms with Gasteiger partial charge in [-0.2, -0.15) is 0 Å². The lowest BCUT2D eigenvalue weighted by molar-refractivity contribution is -0.119. The Morgan fingerprint density at radius 3 is 2.42 bits per heavy atom. The van der Waals surface area contributed by atoms with Gasteiger partial charge in [-0.05, 0) is 49.2 Å². The molecule has 2 aliphatic rings. The molecule has 2 aromatic carbocycles. The molecule has 2 aromatic rings. The van der Waals surface area contributed by atoms with Gasteiger partial charge in [0.15, 0.2) is 0 Å². The molecular weight excluding hydrogens is 444 g/mol. The van der Waals surface area contributed by atoms with Crippen molar-refractivity contribution in [3.8, 4) is 0 Å². The van der Waals surface area contributed by atoms with Crippen molar-refractivity contribution < 1.29 is 18.7 Å². The lowest BCUT2D eigenvalue weighted by atomic mass is 10.1. The molecule has 0 aromatic heterocycles. The molecule has 164 valence electrons. The number of carbonyl (C=O) groups excluding carboxylic acids is 2. The number of rotatable bonds is 4. The summed E-state index contributed by atoms with van der Waals surface area (Å²) in [6, 6.07) is 8.59. The number of amides is 2. The summed E-state index contributed by atoms with van der Waals surface area (Å²) < 4.78 is 19.9. The van der Waals surface area contributed by atoms with E-state index in [4.69, 9.17) is 27.9 Å². The summed E-state index contributed by atoms with van der Waals surface area (Å²) in [7, 11) is 0. The van der Waals surface area contributed by atoms with Crippen molar-refractivity contribution in [1.82, 2.24) is 4.90 Å². The molecule has 6 nitrogen and oxygen atoms in total. The van der Waals surface area contributed by atoms with Gasteiger partial charge in [-0.25, -0.2) is 4.39 Å². The first kappa shape index (κ1) is 21.9. The fraction of sp³-hybridized carbons (Fsp3) is 0.364. The number of carbonyl (C=O) groups is 2. The second-order valence-corrected chi connectivity index (χ2v) is 8.44. The highest BCUT2D eigenvalue weighted by Gasteiger charge is 2.35. The average Bonchev–Trinajstić information content (AvgIpc) is 3.23. The Hall–Kier alpha value is -2.35. The standard InChI is InChI=1S/C22H22Cl2FN3O3/c23-15-10-14(11-16(24)12-15)22(30)28-5-1-2-20(28)21(29)26-17-3-4-19(18(25)13-17)27-6-8-31-9-7-27/h3-4,10-13,20H,1-2,5-9H2,(H,26,29). The van der Waals surface area contributed by atoms with Crippen LogP contribution in [0.3, 0.4) is 0 Å². The van der Waals surface area contributed by atoms with E-state index < -0.39 is 11.9 Å². The van der Waals surface area contributed by atoms with E-state index in [2.05, 4.69) is 5.32 Å². The summed E-state index contributed by atoms with van der Waals surface area (Å²) in [6.07, 6.45) is 1.22. The number of hydrogen-bond acceptors (Lipinski definition) is 4. The number of hydrogen-bond donors (Lipinski definition) is 1. The molecule has 0 bridgehead atoms. The third kappa shape index (κ3) is 4.95. The summed E-state index contributed by atoms with van der Waals surface area (Å²) >= 11 is 12.0. The average molecular weight is 466 g/mol. The Morgan fingerprint density at radius 1 is 1.03 bits per heavy atom. The van der Waals surface area contributed by atoms with Gasteiger partial charge in [0.05, 0.1) is 18.9 Å². The second kappa shape index (κ2) is 9.42. The molecule has 1 atom stereocenters. The van der Waals surface area contributed by atoms with Crippen LogP contribution in [0.15, 0.2) is 36.4 Å². The maximum absolute atomic E-state index is 14.6. The monoisotopic (exact) mass is 465 g/mol. The molecule has 1 N–H and O–H groups in total. The number of nitrogens with zero attached hydrogens (tertiary/aromatic N) is 2. The Kier molecular flexibility index (Phi) is 6.65. The Morgan fingerprint density at radius 2 is 1.74 bits per heavy atom. The number of halogens is 3. The summed E-state index contributed by atoms with van der Waals surface area (Å²) in [5.41, 5.74) is 1.17. The van der Waals surface area contributed by atoms with Crippen LogP contribution in [-0.2, 0) is 9.53 Å². The quantitative estimate of drug-likeness (QED) is 0.734. The zero-order valence-electron chi connectivity index (χ0n) is 16.7. The normalized spacial score (nSPS) is 18.9. The fourth-order valence-electron chi connectivity index (χ4n) is 4.00. The minimum absolute atomic E-state index is 0.309. The summed E-state index contributed by atoms with van der Waals surface area (Å²) in [5, 5.41) is 3.45. The van der Waals surface area contributed by atoms with Crippen molar-refractivity contribution in [2.45, 2.75) is 18.9 Å². The predicted molar refractivity (Wildman–Crippen MR) is 119 cm³/mol. The minimum Gasteiger partial charge on any atom is -0.378 e. The number of nitrogens with one attached hydrogen (secondary N) is 1. The van der Waals surface area contributed by atoms with Gasteiger partial charge in [0.25, 0.3) is 5.91 Å². The molecule has 0 radical (unpaired) electrons. The molecule has 0 spiro atoms. The maximum atomic E-state index is 14.6. The van der Waals surface area contributed by atoms with Crippen molar-refractivity contribution in [2.75, 3.05) is 43.1 Å². The fourth-order valence-corrected chi connectivity index (χ4v) is 4.52. The maximum Gasteiger partial charge on any atom is 0.254 e. The lowest BCUT2D eigenvalue weighted by Gasteiger charge is -2.29. The van der Waals surface area contributed by atoms with Crippen molar-refractivity contribution >= 4 is 46.4 Å². The number of likely N-dealkylation sites (tertiary alicyclic amines) is 1. The molecule has 2 heterocycles. The van der Waals surface area contributed by atoms with E-state index in [1.54, 1.807) is 18.2 Å². The van der Waals surface area contributed by atoms with Crippen LogP contribution in [0.25, 0.3) is 0 Å². The van der Waals surface area contributed by atoms with Gasteiger partial charge in [-0.1, -0.05) is 23.2 Å². The van der Waals surface area contributed by atoms with Crippen molar-refractivity contribution in [3.05, 3.63) is 57.8 Å². The summed E-state index contributed by atoms with van der Waals surface area (Å²) in [5.74, 6) is -1.07. The molecule has 2 fully saturated rings. The molecule has 31 heavy (non-hydrogen) atoms. The molecule has 2 aliphatic heterocycles. The van der Waals surface area contributed by atoms with E-state index >= 15 is 0 Å². The Balaban J connectivity index is 1.46. The van der Waals surface area contributed by atoms with Crippen LogP contribution in [0, 0.1) is 5.82 Å². The van der Waals surface area contributed by atoms with Gasteiger partial charge in [0.2, 0.25) is 5.91 Å². The second-order valence-electron chi connectivity index (χ2n) is 7.57.